The molecule has 0 bridgehead atoms. The lowest BCUT2D eigenvalue weighted by Gasteiger charge is -2.38. The van der Waals surface area contributed by atoms with Gasteiger partial charge in [-0.3, -0.25) is 24.2 Å². The van der Waals surface area contributed by atoms with Gasteiger partial charge < -0.3 is 15.4 Å². The summed E-state index contributed by atoms with van der Waals surface area (Å²) in [6.45, 7) is 7.34. The molecule has 1 fully saturated rings. The van der Waals surface area contributed by atoms with Gasteiger partial charge in [-0.25, -0.2) is 4.68 Å². The van der Waals surface area contributed by atoms with Crippen LogP contribution in [0.2, 0.25) is 0 Å². The van der Waals surface area contributed by atoms with Gasteiger partial charge in [0.2, 0.25) is 5.91 Å². The highest BCUT2D eigenvalue weighted by Gasteiger charge is 2.45. The maximum Gasteiger partial charge on any atom is 0.416 e. The van der Waals surface area contributed by atoms with Gasteiger partial charge in [-0.15, -0.1) is 0 Å². The predicted molar refractivity (Wildman–Crippen MR) is 182 cm³/mol. The maximum atomic E-state index is 14.4. The van der Waals surface area contributed by atoms with E-state index in [2.05, 4.69) is 15.5 Å². The van der Waals surface area contributed by atoms with Crippen LogP contribution >= 0.6 is 0 Å². The Labute approximate surface area is 287 Å². The standard InChI is InChI=1S/C37H37F3N6O4/c1-3-45-35-31(24(2)43-46(35)29-14-5-4-6-15-29)32(33(36(45)49)42-34(48)26-11-7-12-27(22-26)37(38,39)40)25-10-8-13-28(23-25)41-30(47)16-9-17-44-18-20-50-21-19-44/h4-16,22-23,32-33H,3,17-21H2,1-2H3,(H,41,47)(H,42,48)/b16-9+/t32-,33-/m0/s1. The largest absolute Gasteiger partial charge is 0.416 e. The third kappa shape index (κ3) is 7.33. The van der Waals surface area contributed by atoms with Gasteiger partial charge in [0, 0.05) is 55.0 Å². The Kier molecular flexibility index (Phi) is 10.2. The number of carbonyl (C=O) groups excluding carboxylic acids is 3. The van der Waals surface area contributed by atoms with Crippen molar-refractivity contribution in [1.29, 1.82) is 0 Å². The van der Waals surface area contributed by atoms with Crippen LogP contribution in [-0.4, -0.2) is 77.8 Å². The van der Waals surface area contributed by atoms with Crippen molar-refractivity contribution in [3.63, 3.8) is 0 Å². The van der Waals surface area contributed by atoms with Crippen LogP contribution in [0.4, 0.5) is 24.7 Å². The normalized spacial score (nSPS) is 18.3. The quantitative estimate of drug-likeness (QED) is 0.231. The molecule has 13 heteroatoms. The molecule has 2 aliphatic rings. The number of hydrogen-bond acceptors (Lipinski definition) is 6. The van der Waals surface area contributed by atoms with Crippen molar-refractivity contribution in [3.05, 3.63) is 119 Å². The summed E-state index contributed by atoms with van der Waals surface area (Å²) < 4.78 is 47.6. The minimum atomic E-state index is -4.65. The molecule has 0 saturated carbocycles. The second-order valence-corrected chi connectivity index (χ2v) is 12.1. The fourth-order valence-electron chi connectivity index (χ4n) is 6.44. The number of aromatic nitrogens is 2. The van der Waals surface area contributed by atoms with Crippen LogP contribution in [0.25, 0.3) is 5.69 Å². The summed E-state index contributed by atoms with van der Waals surface area (Å²) in [6, 6.07) is 19.2. The Morgan fingerprint density at radius 1 is 1.00 bits per heavy atom. The number of alkyl halides is 3. The minimum absolute atomic E-state index is 0.234. The van der Waals surface area contributed by atoms with Crippen molar-refractivity contribution >= 4 is 29.2 Å². The molecule has 0 unspecified atom stereocenters. The van der Waals surface area contributed by atoms with Crippen LogP contribution < -0.4 is 15.5 Å². The van der Waals surface area contributed by atoms with E-state index >= 15 is 0 Å². The Bertz CT molecular complexity index is 1900. The van der Waals surface area contributed by atoms with Crippen molar-refractivity contribution < 1.29 is 32.3 Å². The summed E-state index contributed by atoms with van der Waals surface area (Å²) >= 11 is 0. The molecule has 4 aromatic rings. The highest BCUT2D eigenvalue weighted by atomic mass is 19.4. The zero-order valence-electron chi connectivity index (χ0n) is 27.6. The number of nitrogens with zero attached hydrogens (tertiary/aromatic N) is 4. The first-order chi connectivity index (χ1) is 24.0. The Balaban J connectivity index is 1.38. The molecular formula is C37H37F3N6O4. The van der Waals surface area contributed by atoms with Gasteiger partial charge in [0.05, 0.1) is 30.2 Å². The smallest absolute Gasteiger partial charge is 0.379 e. The third-order valence-electron chi connectivity index (χ3n) is 8.82. The molecule has 0 radical (unpaired) electrons. The average molecular weight is 687 g/mol. The van der Waals surface area contributed by atoms with Crippen LogP contribution in [0.15, 0.2) is 91.0 Å². The van der Waals surface area contributed by atoms with Crippen LogP contribution in [0, 0.1) is 6.92 Å². The summed E-state index contributed by atoms with van der Waals surface area (Å²) in [4.78, 5) is 44.6. The van der Waals surface area contributed by atoms with E-state index < -0.39 is 35.5 Å². The van der Waals surface area contributed by atoms with Crippen molar-refractivity contribution in [3.8, 4) is 5.69 Å². The van der Waals surface area contributed by atoms with E-state index in [0.29, 0.717) is 48.1 Å². The first-order valence-corrected chi connectivity index (χ1v) is 16.4. The van der Waals surface area contributed by atoms with Crippen LogP contribution in [0.5, 0.6) is 0 Å². The lowest BCUT2D eigenvalue weighted by molar-refractivity contribution is -0.137. The molecular weight excluding hydrogens is 649 g/mol. The molecule has 0 spiro atoms. The molecule has 0 aliphatic carbocycles. The number of para-hydroxylation sites is 1. The molecule has 2 aliphatic heterocycles. The van der Waals surface area contributed by atoms with Gasteiger partial charge in [0.15, 0.2) is 0 Å². The van der Waals surface area contributed by atoms with E-state index in [-0.39, 0.29) is 18.0 Å². The predicted octanol–water partition coefficient (Wildman–Crippen LogP) is 5.32. The number of rotatable bonds is 9. The Morgan fingerprint density at radius 3 is 2.46 bits per heavy atom. The molecule has 3 heterocycles. The van der Waals surface area contributed by atoms with Gasteiger partial charge >= 0.3 is 6.18 Å². The van der Waals surface area contributed by atoms with Crippen molar-refractivity contribution in [2.24, 2.45) is 0 Å². The van der Waals surface area contributed by atoms with Crippen molar-refractivity contribution in [1.82, 2.24) is 20.0 Å². The van der Waals surface area contributed by atoms with Gasteiger partial charge in [-0.05, 0) is 61.9 Å². The molecule has 2 N–H and O–H groups in total. The van der Waals surface area contributed by atoms with Gasteiger partial charge in [-0.2, -0.15) is 18.3 Å². The van der Waals surface area contributed by atoms with Crippen LogP contribution in [-0.2, 0) is 20.5 Å². The number of ether oxygens (including phenoxy) is 1. The first-order valence-electron chi connectivity index (χ1n) is 16.4. The van der Waals surface area contributed by atoms with E-state index in [9.17, 15) is 27.6 Å². The van der Waals surface area contributed by atoms with E-state index in [1.807, 2.05) is 37.3 Å². The number of anilines is 2. The number of nitrogens with one attached hydrogen (secondary N) is 2. The number of amides is 3. The molecule has 260 valence electrons. The van der Waals surface area contributed by atoms with Crippen molar-refractivity contribution in [2.75, 3.05) is 49.6 Å². The second-order valence-electron chi connectivity index (χ2n) is 12.1. The van der Waals surface area contributed by atoms with Gasteiger partial charge in [-0.1, -0.05) is 42.5 Å². The number of likely N-dealkylation sites (N-methyl/N-ethyl adjacent to an activating group) is 1. The fourth-order valence-corrected chi connectivity index (χ4v) is 6.44. The van der Waals surface area contributed by atoms with Crippen LogP contribution in [0.1, 0.15) is 45.6 Å². The molecule has 1 aromatic heterocycles. The third-order valence-corrected chi connectivity index (χ3v) is 8.82. The molecule has 50 heavy (non-hydrogen) atoms. The highest BCUT2D eigenvalue weighted by Crippen LogP contribution is 2.44. The van der Waals surface area contributed by atoms with E-state index in [1.165, 1.54) is 17.0 Å². The number of fused-ring (bicyclic) bond motifs is 1. The number of hydrogen-bond donors (Lipinski definition) is 2. The lowest BCUT2D eigenvalue weighted by atomic mass is 9.81. The first kappa shape index (κ1) is 34.6. The monoisotopic (exact) mass is 686 g/mol. The topological polar surface area (TPSA) is 109 Å². The molecule has 3 amide bonds. The number of aryl methyl sites for hydroxylation is 1. The molecule has 6 rings (SSSR count). The van der Waals surface area contributed by atoms with Gasteiger partial charge in [0.1, 0.15) is 11.9 Å². The number of benzene rings is 3. The van der Waals surface area contributed by atoms with Crippen LogP contribution in [0.3, 0.4) is 0 Å². The summed E-state index contributed by atoms with van der Waals surface area (Å²) in [5, 5.41) is 10.5. The Morgan fingerprint density at radius 2 is 1.74 bits per heavy atom. The summed E-state index contributed by atoms with van der Waals surface area (Å²) in [5.74, 6) is -1.90. The molecule has 10 nitrogen and oxygen atoms in total. The fraction of sp³-hybridized carbons (Fsp3) is 0.297. The van der Waals surface area contributed by atoms with E-state index in [0.717, 1.165) is 37.0 Å². The summed E-state index contributed by atoms with van der Waals surface area (Å²) in [7, 11) is 0. The van der Waals surface area contributed by atoms with E-state index in [1.54, 1.807) is 41.9 Å². The van der Waals surface area contributed by atoms with Crippen molar-refractivity contribution in [2.45, 2.75) is 32.0 Å². The molecule has 1 saturated heterocycles. The number of carbonyl (C=O) groups is 3. The number of morpholine rings is 1. The number of halogens is 3. The van der Waals surface area contributed by atoms with Gasteiger partial charge in [0.25, 0.3) is 11.8 Å². The molecule has 3 aromatic carbocycles. The van der Waals surface area contributed by atoms with E-state index in [4.69, 9.17) is 9.84 Å². The maximum absolute atomic E-state index is 14.4. The summed E-state index contributed by atoms with van der Waals surface area (Å²) in [6.07, 6.45) is -1.40. The Hall–Kier alpha value is -5.27. The summed E-state index contributed by atoms with van der Waals surface area (Å²) in [5.41, 5.74) is 1.83. The highest BCUT2D eigenvalue weighted by molar-refractivity contribution is 6.05. The second kappa shape index (κ2) is 14.7. The zero-order chi connectivity index (χ0) is 35.4. The zero-order valence-corrected chi connectivity index (χ0v) is 27.6. The minimum Gasteiger partial charge on any atom is -0.379 e. The average Bonchev–Trinajstić information content (AvgIpc) is 3.45. The molecule has 2 atom stereocenters. The lowest BCUT2D eigenvalue weighted by Crippen LogP contribution is -2.55. The SMILES string of the molecule is CCN1C(=O)[C@@H](NC(=O)c2cccc(C(F)(F)F)c2)[C@@H](c2cccc(NC(=O)/C=C/CN3CCOCC3)c2)c2c(C)nn(-c3ccccc3)c21.